The zero-order valence-electron chi connectivity index (χ0n) is 17.6. The maximum atomic E-state index is 13.6. The quantitative estimate of drug-likeness (QED) is 0.403. The molecular weight excluding hydrogens is 478 g/mol. The van der Waals surface area contributed by atoms with Gasteiger partial charge in [0.05, 0.1) is 16.3 Å². The number of aromatic nitrogens is 6. The largest absolute Gasteiger partial charge is 0.384 e. The molecule has 5 rings (SSSR count). The summed E-state index contributed by atoms with van der Waals surface area (Å²) in [5.74, 6) is 0.588. The lowest BCUT2D eigenvalue weighted by Gasteiger charge is -2.13. The van der Waals surface area contributed by atoms with Gasteiger partial charge < -0.3 is 5.73 Å². The Hall–Kier alpha value is -4.09. The number of rotatable bonds is 4. The van der Waals surface area contributed by atoms with Gasteiger partial charge in [0, 0.05) is 23.0 Å². The molecule has 12 heteroatoms. The fourth-order valence-corrected chi connectivity index (χ4v) is 4.24. The lowest BCUT2D eigenvalue weighted by Crippen LogP contribution is -2.22. The summed E-state index contributed by atoms with van der Waals surface area (Å²) in [5, 5.41) is 8.64. The van der Waals surface area contributed by atoms with Gasteiger partial charge in [-0.05, 0) is 54.6 Å². The van der Waals surface area contributed by atoms with E-state index < -0.39 is 15.4 Å². The average Bonchev–Trinajstić information content (AvgIpc) is 3.24. The van der Waals surface area contributed by atoms with E-state index in [-0.39, 0.29) is 21.9 Å². The molecule has 0 atom stereocenters. The predicted molar refractivity (Wildman–Crippen MR) is 128 cm³/mol. The van der Waals surface area contributed by atoms with Gasteiger partial charge in [-0.3, -0.25) is 9.36 Å². The number of halogens is 1. The summed E-state index contributed by atoms with van der Waals surface area (Å²) in [4.78, 5) is 22.5. The number of benzene rings is 2. The van der Waals surface area contributed by atoms with Crippen LogP contribution >= 0.6 is 11.6 Å². The lowest BCUT2D eigenvalue weighted by molar-refractivity contribution is 0.601. The van der Waals surface area contributed by atoms with Crippen LogP contribution in [0.2, 0.25) is 5.02 Å². The first-order valence-electron chi connectivity index (χ1n) is 9.89. The molecule has 0 saturated carbocycles. The maximum Gasteiger partial charge on any atom is 0.288 e. The van der Waals surface area contributed by atoms with Crippen LogP contribution in [-0.4, -0.2) is 44.2 Å². The number of fused-ring (bicyclic) bond motifs is 1. The Labute approximate surface area is 198 Å². The third-order valence-corrected chi connectivity index (χ3v) is 6.46. The molecule has 0 aliphatic carbocycles. The van der Waals surface area contributed by atoms with Crippen molar-refractivity contribution in [3.05, 3.63) is 82.2 Å². The van der Waals surface area contributed by atoms with Crippen molar-refractivity contribution in [2.75, 3.05) is 12.0 Å². The zero-order valence-corrected chi connectivity index (χ0v) is 19.2. The van der Waals surface area contributed by atoms with E-state index in [1.54, 1.807) is 48.5 Å². The number of sulfone groups is 1. The van der Waals surface area contributed by atoms with Crippen LogP contribution in [0.15, 0.2) is 76.6 Å². The molecule has 2 N–H and O–H groups in total. The predicted octanol–water partition coefficient (Wildman–Crippen LogP) is 2.67. The van der Waals surface area contributed by atoms with Crippen LogP contribution in [0.1, 0.15) is 0 Å². The molecule has 3 aromatic heterocycles. The van der Waals surface area contributed by atoms with Crippen LogP contribution in [0, 0.1) is 0 Å². The van der Waals surface area contributed by atoms with E-state index in [0.29, 0.717) is 27.8 Å². The number of anilines is 1. The van der Waals surface area contributed by atoms with E-state index in [1.165, 1.54) is 27.6 Å². The van der Waals surface area contributed by atoms with Crippen molar-refractivity contribution in [2.45, 2.75) is 4.90 Å². The van der Waals surface area contributed by atoms with Gasteiger partial charge in [-0.2, -0.15) is 4.68 Å². The highest BCUT2D eigenvalue weighted by Crippen LogP contribution is 2.24. The Morgan fingerprint density at radius 2 is 1.76 bits per heavy atom. The normalized spacial score (nSPS) is 11.7. The van der Waals surface area contributed by atoms with Gasteiger partial charge in [0.25, 0.3) is 5.56 Å². The fourth-order valence-electron chi connectivity index (χ4n) is 3.45. The van der Waals surface area contributed by atoms with Crippen LogP contribution in [0.3, 0.4) is 0 Å². The molecule has 2 aromatic carbocycles. The molecule has 0 bridgehead atoms. The van der Waals surface area contributed by atoms with Gasteiger partial charge in [-0.15, -0.1) is 5.10 Å². The molecule has 0 unspecified atom stereocenters. The highest BCUT2D eigenvalue weighted by Gasteiger charge is 2.20. The van der Waals surface area contributed by atoms with Crippen LogP contribution in [0.4, 0.5) is 5.82 Å². The van der Waals surface area contributed by atoms with E-state index in [4.69, 9.17) is 22.3 Å². The molecule has 34 heavy (non-hydrogen) atoms. The standard InChI is InChI=1S/C22H16ClN7O3S/c1-34(32,33)17-4-2-3-16(11-17)30-21-19(27-28-30)22(31)29(15-8-6-14(23)7-9-15)20(26-21)13-5-10-18(24)25-12-13/h2-12H,1H3,(H2,24,25). The lowest BCUT2D eigenvalue weighted by atomic mass is 10.2. The summed E-state index contributed by atoms with van der Waals surface area (Å²) in [6, 6.07) is 16.1. The Balaban J connectivity index is 1.82. The van der Waals surface area contributed by atoms with Gasteiger partial charge in [-0.25, -0.2) is 18.4 Å². The molecular formula is C22H16ClN7O3S. The maximum absolute atomic E-state index is 13.6. The Kier molecular flexibility index (Phi) is 5.14. The van der Waals surface area contributed by atoms with Crippen molar-refractivity contribution in [3.8, 4) is 22.8 Å². The van der Waals surface area contributed by atoms with Gasteiger partial charge in [0.2, 0.25) is 0 Å². The molecule has 3 heterocycles. The topological polar surface area (TPSA) is 139 Å². The minimum Gasteiger partial charge on any atom is -0.384 e. The van der Waals surface area contributed by atoms with Gasteiger partial charge in [0.15, 0.2) is 26.8 Å². The SMILES string of the molecule is CS(=O)(=O)c1cccc(-n2nnc3c(=O)n(-c4ccc(Cl)cc4)c(-c4ccc(N)nc4)nc32)c1. The van der Waals surface area contributed by atoms with E-state index in [2.05, 4.69) is 15.3 Å². The number of nitrogens with zero attached hydrogens (tertiary/aromatic N) is 6. The molecule has 10 nitrogen and oxygen atoms in total. The molecule has 0 radical (unpaired) electrons. The second-order valence-electron chi connectivity index (χ2n) is 7.47. The van der Waals surface area contributed by atoms with E-state index in [9.17, 15) is 13.2 Å². The van der Waals surface area contributed by atoms with Crippen LogP contribution < -0.4 is 11.3 Å². The summed E-state index contributed by atoms with van der Waals surface area (Å²) in [6.07, 6.45) is 2.62. The van der Waals surface area contributed by atoms with Crippen molar-refractivity contribution < 1.29 is 8.42 Å². The number of hydrogen-bond acceptors (Lipinski definition) is 8. The first-order chi connectivity index (χ1) is 16.2. The Bertz CT molecular complexity index is 1710. The van der Waals surface area contributed by atoms with Crippen LogP contribution in [0.5, 0.6) is 0 Å². The number of nitrogens with two attached hydrogens (primary N) is 1. The summed E-state index contributed by atoms with van der Waals surface area (Å²) in [7, 11) is -3.46. The van der Waals surface area contributed by atoms with Gasteiger partial charge >= 0.3 is 0 Å². The minimum atomic E-state index is -3.46. The molecule has 170 valence electrons. The van der Waals surface area contributed by atoms with Crippen molar-refractivity contribution in [3.63, 3.8) is 0 Å². The first kappa shape index (κ1) is 21.7. The van der Waals surface area contributed by atoms with E-state index >= 15 is 0 Å². The van der Waals surface area contributed by atoms with Crippen LogP contribution in [0.25, 0.3) is 33.9 Å². The van der Waals surface area contributed by atoms with Crippen molar-refractivity contribution in [2.24, 2.45) is 0 Å². The number of hydrogen-bond donors (Lipinski definition) is 1. The minimum absolute atomic E-state index is 0.00635. The summed E-state index contributed by atoms with van der Waals surface area (Å²) in [6.45, 7) is 0. The first-order valence-corrected chi connectivity index (χ1v) is 12.2. The monoisotopic (exact) mass is 493 g/mol. The highest BCUT2D eigenvalue weighted by atomic mass is 35.5. The van der Waals surface area contributed by atoms with Crippen LogP contribution in [-0.2, 0) is 9.84 Å². The number of nitrogen functional groups attached to an aromatic ring is 1. The summed E-state index contributed by atoms with van der Waals surface area (Å²) in [5.41, 5.74) is 6.87. The number of pyridine rings is 1. The van der Waals surface area contributed by atoms with Crippen molar-refractivity contribution in [1.29, 1.82) is 0 Å². The Morgan fingerprint density at radius 1 is 1.00 bits per heavy atom. The second kappa shape index (κ2) is 8.04. The second-order valence-corrected chi connectivity index (χ2v) is 9.92. The summed E-state index contributed by atoms with van der Waals surface area (Å²) < 4.78 is 26.8. The summed E-state index contributed by atoms with van der Waals surface area (Å²) >= 11 is 6.03. The molecule has 5 aromatic rings. The fraction of sp³-hybridized carbons (Fsp3) is 0.0455. The molecule has 0 spiro atoms. The van der Waals surface area contributed by atoms with Gasteiger partial charge in [0.1, 0.15) is 5.82 Å². The molecule has 0 fully saturated rings. The average molecular weight is 494 g/mol. The van der Waals surface area contributed by atoms with Gasteiger partial charge in [-0.1, -0.05) is 22.9 Å². The highest BCUT2D eigenvalue weighted by molar-refractivity contribution is 7.90. The van der Waals surface area contributed by atoms with E-state index in [1.807, 2.05) is 0 Å². The third kappa shape index (κ3) is 3.80. The van der Waals surface area contributed by atoms with E-state index in [0.717, 1.165) is 6.26 Å². The smallest absolute Gasteiger partial charge is 0.288 e. The molecule has 0 aliphatic rings. The Morgan fingerprint density at radius 3 is 2.44 bits per heavy atom. The molecule has 0 aliphatic heterocycles. The third-order valence-electron chi connectivity index (χ3n) is 5.10. The van der Waals surface area contributed by atoms with Crippen molar-refractivity contribution >= 4 is 38.4 Å². The molecule has 0 amide bonds. The zero-order chi connectivity index (χ0) is 24.0. The van der Waals surface area contributed by atoms with Crippen molar-refractivity contribution in [1.82, 2.24) is 29.5 Å². The molecule has 0 saturated heterocycles.